The minimum atomic E-state index is -0.307. The lowest BCUT2D eigenvalue weighted by Gasteiger charge is -2.35. The van der Waals surface area contributed by atoms with E-state index in [-0.39, 0.29) is 17.8 Å². The molecule has 4 heteroatoms. The molecule has 1 aliphatic rings. The first-order chi connectivity index (χ1) is 9.13. The van der Waals surface area contributed by atoms with Crippen LogP contribution >= 0.6 is 11.6 Å². The van der Waals surface area contributed by atoms with Gasteiger partial charge in [0.1, 0.15) is 5.82 Å². The van der Waals surface area contributed by atoms with E-state index < -0.39 is 0 Å². The third kappa shape index (κ3) is 4.16. The Labute approximate surface area is 119 Å². The summed E-state index contributed by atoms with van der Waals surface area (Å²) in [6.07, 6.45) is 5.78. The van der Waals surface area contributed by atoms with E-state index in [0.717, 1.165) is 24.9 Å². The summed E-state index contributed by atoms with van der Waals surface area (Å²) in [5.74, 6) is -0.307. The van der Waals surface area contributed by atoms with Crippen LogP contribution in [0.15, 0.2) is 18.2 Å². The van der Waals surface area contributed by atoms with Crippen LogP contribution in [0.25, 0.3) is 0 Å². The fourth-order valence-corrected chi connectivity index (χ4v) is 3.12. The molecule has 1 saturated carbocycles. The molecule has 2 nitrogen and oxygen atoms in total. The van der Waals surface area contributed by atoms with E-state index in [4.69, 9.17) is 11.6 Å². The molecule has 0 unspecified atom stereocenters. The molecule has 0 heterocycles. The van der Waals surface area contributed by atoms with E-state index >= 15 is 0 Å². The quantitative estimate of drug-likeness (QED) is 0.868. The predicted octanol–water partition coefficient (Wildman–Crippen LogP) is 3.51. The molecule has 2 N–H and O–H groups in total. The van der Waals surface area contributed by atoms with Gasteiger partial charge in [-0.2, -0.15) is 0 Å². The van der Waals surface area contributed by atoms with Crippen molar-refractivity contribution in [1.29, 1.82) is 0 Å². The number of aliphatic hydroxyl groups excluding tert-OH is 1. The summed E-state index contributed by atoms with van der Waals surface area (Å²) in [6, 6.07) is 4.57. The Morgan fingerprint density at radius 3 is 2.58 bits per heavy atom. The Morgan fingerprint density at radius 2 is 1.95 bits per heavy atom. The van der Waals surface area contributed by atoms with Crippen LogP contribution in [0.3, 0.4) is 0 Å². The minimum absolute atomic E-state index is 0.00930. The van der Waals surface area contributed by atoms with Crippen molar-refractivity contribution in [2.24, 2.45) is 5.41 Å². The van der Waals surface area contributed by atoms with Crippen molar-refractivity contribution >= 4 is 11.6 Å². The molecule has 1 fully saturated rings. The zero-order valence-corrected chi connectivity index (χ0v) is 11.8. The van der Waals surface area contributed by atoms with E-state index in [1.165, 1.54) is 31.4 Å². The highest BCUT2D eigenvalue weighted by molar-refractivity contribution is 6.30. The van der Waals surface area contributed by atoms with Gasteiger partial charge in [0.25, 0.3) is 0 Å². The van der Waals surface area contributed by atoms with Gasteiger partial charge in [0.05, 0.1) is 0 Å². The fraction of sp³-hybridized carbons (Fsp3) is 0.600. The molecular weight excluding hydrogens is 265 g/mol. The first-order valence-electron chi connectivity index (χ1n) is 6.90. The van der Waals surface area contributed by atoms with Crippen molar-refractivity contribution in [3.05, 3.63) is 34.6 Å². The van der Waals surface area contributed by atoms with Crippen LogP contribution in [0, 0.1) is 11.2 Å². The molecule has 106 valence electrons. The van der Waals surface area contributed by atoms with Crippen LogP contribution in [0.5, 0.6) is 0 Å². The van der Waals surface area contributed by atoms with Crippen LogP contribution in [0.4, 0.5) is 4.39 Å². The molecule has 0 aromatic heterocycles. The maximum absolute atomic E-state index is 13.2. The lowest BCUT2D eigenvalue weighted by Crippen LogP contribution is -2.38. The highest BCUT2D eigenvalue weighted by Gasteiger charge is 2.30. The molecule has 1 aromatic carbocycles. The van der Waals surface area contributed by atoms with Crippen molar-refractivity contribution in [2.45, 2.75) is 38.6 Å². The first kappa shape index (κ1) is 14.8. The SMILES string of the molecule is OCC1(CNCc2cc(F)cc(Cl)c2)CCCCC1. The summed E-state index contributed by atoms with van der Waals surface area (Å²) < 4.78 is 13.2. The van der Waals surface area contributed by atoms with Crippen molar-refractivity contribution < 1.29 is 9.50 Å². The summed E-state index contributed by atoms with van der Waals surface area (Å²) in [4.78, 5) is 0. The van der Waals surface area contributed by atoms with Gasteiger partial charge in [-0.25, -0.2) is 4.39 Å². The average Bonchev–Trinajstić information content (AvgIpc) is 2.39. The Bertz CT molecular complexity index is 398. The van der Waals surface area contributed by atoms with Gasteiger partial charge in [-0.1, -0.05) is 30.9 Å². The molecule has 0 saturated heterocycles. The molecule has 0 amide bonds. The molecule has 0 spiro atoms. The lowest BCUT2D eigenvalue weighted by atomic mass is 9.74. The minimum Gasteiger partial charge on any atom is -0.396 e. The van der Waals surface area contributed by atoms with Gasteiger partial charge in [0, 0.05) is 30.1 Å². The standard InChI is InChI=1S/C15H21ClFNO/c16-13-6-12(7-14(17)8-13)9-18-10-15(11-19)4-2-1-3-5-15/h6-8,18-19H,1-5,9-11H2. The number of nitrogens with one attached hydrogen (secondary N) is 1. The fourth-order valence-electron chi connectivity index (χ4n) is 2.88. The highest BCUT2D eigenvalue weighted by atomic mass is 35.5. The van der Waals surface area contributed by atoms with Gasteiger partial charge in [0.15, 0.2) is 0 Å². The van der Waals surface area contributed by atoms with E-state index in [9.17, 15) is 9.50 Å². The number of hydrogen-bond donors (Lipinski definition) is 2. The molecule has 0 bridgehead atoms. The zero-order valence-electron chi connectivity index (χ0n) is 11.1. The van der Waals surface area contributed by atoms with Crippen molar-refractivity contribution in [1.82, 2.24) is 5.32 Å². The monoisotopic (exact) mass is 285 g/mol. The number of aliphatic hydroxyl groups is 1. The van der Waals surface area contributed by atoms with E-state index in [2.05, 4.69) is 5.32 Å². The smallest absolute Gasteiger partial charge is 0.125 e. The Hall–Kier alpha value is -0.640. The van der Waals surface area contributed by atoms with Gasteiger partial charge < -0.3 is 10.4 Å². The summed E-state index contributed by atoms with van der Waals surface area (Å²) in [6.45, 7) is 1.58. The Morgan fingerprint density at radius 1 is 1.21 bits per heavy atom. The zero-order chi connectivity index (χ0) is 13.7. The van der Waals surface area contributed by atoms with Gasteiger partial charge in [-0.15, -0.1) is 0 Å². The van der Waals surface area contributed by atoms with Gasteiger partial charge in [-0.05, 0) is 36.6 Å². The summed E-state index contributed by atoms with van der Waals surface area (Å²) >= 11 is 5.82. The third-order valence-corrected chi connectivity index (χ3v) is 4.22. The summed E-state index contributed by atoms with van der Waals surface area (Å²) in [5, 5.41) is 13.4. The highest BCUT2D eigenvalue weighted by Crippen LogP contribution is 2.35. The van der Waals surface area contributed by atoms with Gasteiger partial charge in [-0.3, -0.25) is 0 Å². The molecule has 19 heavy (non-hydrogen) atoms. The Balaban J connectivity index is 1.88. The van der Waals surface area contributed by atoms with Crippen LogP contribution < -0.4 is 5.32 Å². The molecule has 0 aliphatic heterocycles. The predicted molar refractivity (Wildman–Crippen MR) is 75.7 cm³/mol. The third-order valence-electron chi connectivity index (χ3n) is 4.00. The number of benzene rings is 1. The van der Waals surface area contributed by atoms with Crippen LogP contribution in [-0.4, -0.2) is 18.3 Å². The maximum atomic E-state index is 13.2. The summed E-state index contributed by atoms with van der Waals surface area (Å²) in [5.41, 5.74) is 0.851. The molecular formula is C15H21ClFNO. The van der Waals surface area contributed by atoms with Crippen molar-refractivity contribution in [3.8, 4) is 0 Å². The molecule has 1 aromatic rings. The van der Waals surface area contributed by atoms with Crippen LogP contribution in [0.1, 0.15) is 37.7 Å². The number of hydrogen-bond acceptors (Lipinski definition) is 2. The van der Waals surface area contributed by atoms with Crippen LogP contribution in [0.2, 0.25) is 5.02 Å². The second kappa shape index (κ2) is 6.69. The summed E-state index contributed by atoms with van der Waals surface area (Å²) in [7, 11) is 0. The molecule has 0 radical (unpaired) electrons. The topological polar surface area (TPSA) is 32.3 Å². The maximum Gasteiger partial charge on any atom is 0.125 e. The molecule has 2 rings (SSSR count). The van der Waals surface area contributed by atoms with Gasteiger partial charge >= 0.3 is 0 Å². The van der Waals surface area contributed by atoms with E-state index in [0.29, 0.717) is 11.6 Å². The van der Waals surface area contributed by atoms with E-state index in [1.807, 2.05) is 0 Å². The number of rotatable bonds is 5. The van der Waals surface area contributed by atoms with Crippen molar-refractivity contribution in [3.63, 3.8) is 0 Å². The second-order valence-corrected chi connectivity index (χ2v) is 6.04. The lowest BCUT2D eigenvalue weighted by molar-refractivity contribution is 0.0810. The first-order valence-corrected chi connectivity index (χ1v) is 7.28. The largest absolute Gasteiger partial charge is 0.396 e. The van der Waals surface area contributed by atoms with Crippen molar-refractivity contribution in [2.75, 3.05) is 13.2 Å². The number of halogens is 2. The van der Waals surface area contributed by atoms with Crippen LogP contribution in [-0.2, 0) is 6.54 Å². The molecule has 0 atom stereocenters. The second-order valence-electron chi connectivity index (χ2n) is 5.60. The molecule has 1 aliphatic carbocycles. The Kier molecular flexibility index (Phi) is 5.20. The van der Waals surface area contributed by atoms with E-state index in [1.54, 1.807) is 6.07 Å². The van der Waals surface area contributed by atoms with Gasteiger partial charge in [0.2, 0.25) is 0 Å². The normalized spacial score (nSPS) is 18.5. The average molecular weight is 286 g/mol.